The van der Waals surface area contributed by atoms with Gasteiger partial charge in [0.1, 0.15) is 46.1 Å². The lowest BCUT2D eigenvalue weighted by Gasteiger charge is -2.21. The zero-order chi connectivity index (χ0) is 39.4. The number of halogens is 4. The summed E-state index contributed by atoms with van der Waals surface area (Å²) in [6, 6.07) is 19.1. The Morgan fingerprint density at radius 1 is 0.764 bits per heavy atom. The molecular formula is C43H38Cl4N6O2. The molecule has 0 bridgehead atoms. The van der Waals surface area contributed by atoms with E-state index in [0.717, 1.165) is 50.2 Å². The van der Waals surface area contributed by atoms with Crippen molar-refractivity contribution in [3.63, 3.8) is 0 Å². The molecule has 0 fully saturated rings. The maximum Gasteiger partial charge on any atom is 0.146 e. The zero-order valence-corrected chi connectivity index (χ0v) is 34.0. The van der Waals surface area contributed by atoms with Gasteiger partial charge >= 0.3 is 0 Å². The lowest BCUT2D eigenvalue weighted by Crippen LogP contribution is -2.11. The van der Waals surface area contributed by atoms with Gasteiger partial charge in [0.2, 0.25) is 0 Å². The summed E-state index contributed by atoms with van der Waals surface area (Å²) < 4.78 is 12.5. The number of allylic oxidation sites excluding steroid dienone is 3. The molecule has 0 spiro atoms. The van der Waals surface area contributed by atoms with E-state index in [2.05, 4.69) is 24.2 Å². The Morgan fingerprint density at radius 2 is 1.38 bits per heavy atom. The largest absolute Gasteiger partial charge is 0.486 e. The molecule has 6 rings (SSSR count). The number of fused-ring (bicyclic) bond motifs is 2. The van der Waals surface area contributed by atoms with Crippen molar-refractivity contribution < 1.29 is 9.47 Å². The average Bonchev–Trinajstić information content (AvgIpc) is 3.14. The van der Waals surface area contributed by atoms with Crippen LogP contribution in [0, 0.1) is 13.8 Å². The van der Waals surface area contributed by atoms with Gasteiger partial charge in [0.15, 0.2) is 0 Å². The Labute approximate surface area is 341 Å². The first kappa shape index (κ1) is 39.6. The van der Waals surface area contributed by atoms with Crippen LogP contribution in [0.4, 0.5) is 5.69 Å². The predicted molar refractivity (Wildman–Crippen MR) is 228 cm³/mol. The number of rotatable bonds is 13. The van der Waals surface area contributed by atoms with E-state index in [1.165, 1.54) is 0 Å². The van der Waals surface area contributed by atoms with Crippen molar-refractivity contribution in [2.45, 2.75) is 34.0 Å². The molecule has 0 aliphatic rings. The van der Waals surface area contributed by atoms with Crippen LogP contribution in [-0.2, 0) is 13.2 Å². The molecule has 0 N–H and O–H groups in total. The monoisotopic (exact) mass is 810 g/mol. The van der Waals surface area contributed by atoms with Gasteiger partial charge in [-0.1, -0.05) is 89.9 Å². The number of hydrogen-bond acceptors (Lipinski definition) is 8. The maximum absolute atomic E-state index is 6.88. The van der Waals surface area contributed by atoms with E-state index >= 15 is 0 Å². The number of para-hydroxylation sites is 2. The Kier molecular flexibility index (Phi) is 12.3. The number of pyridine rings is 4. The molecule has 4 heterocycles. The first-order valence-corrected chi connectivity index (χ1v) is 18.7. The number of nitrogens with zero attached hydrogens (tertiary/aromatic N) is 6. The topological polar surface area (TPSA) is 76.5 Å². The molecule has 8 nitrogen and oxygen atoms in total. The number of anilines is 1. The molecule has 0 aliphatic heterocycles. The molecule has 12 heteroatoms. The molecule has 0 unspecified atom stereocenters. The van der Waals surface area contributed by atoms with Crippen LogP contribution in [0.1, 0.15) is 40.7 Å². The Bertz CT molecular complexity index is 2470. The Morgan fingerprint density at radius 3 is 1.98 bits per heavy atom. The highest BCUT2D eigenvalue weighted by atomic mass is 35.5. The summed E-state index contributed by atoms with van der Waals surface area (Å²) >= 11 is 26.3. The Hall–Kier alpha value is -5.12. The highest BCUT2D eigenvalue weighted by Gasteiger charge is 2.18. The van der Waals surface area contributed by atoms with Crippen molar-refractivity contribution in [3.05, 3.63) is 159 Å². The van der Waals surface area contributed by atoms with Gasteiger partial charge in [0, 0.05) is 77.2 Å². The van der Waals surface area contributed by atoms with E-state index < -0.39 is 0 Å². The van der Waals surface area contributed by atoms with Gasteiger partial charge in [0.05, 0.1) is 21.4 Å². The number of hydrogen-bond donors (Lipinski definition) is 0. The van der Waals surface area contributed by atoms with Gasteiger partial charge in [-0.25, -0.2) is 19.9 Å². The van der Waals surface area contributed by atoms with Crippen molar-refractivity contribution >= 4 is 85.2 Å². The molecule has 0 radical (unpaired) electrons. The second-order valence-electron chi connectivity index (χ2n) is 12.9. The van der Waals surface area contributed by atoms with Crippen LogP contribution in [0.2, 0.25) is 20.4 Å². The van der Waals surface area contributed by atoms with Crippen LogP contribution >= 0.6 is 46.4 Å². The molecule has 0 saturated heterocycles. The van der Waals surface area contributed by atoms with Gasteiger partial charge in [-0.15, -0.1) is 0 Å². The van der Waals surface area contributed by atoms with Crippen molar-refractivity contribution in [1.82, 2.24) is 24.8 Å². The second kappa shape index (κ2) is 17.1. The molecule has 0 saturated carbocycles. The van der Waals surface area contributed by atoms with Gasteiger partial charge in [-0.3, -0.25) is 0 Å². The van der Waals surface area contributed by atoms with Crippen LogP contribution in [0.15, 0.2) is 105 Å². The second-order valence-corrected chi connectivity index (χ2v) is 14.4. The van der Waals surface area contributed by atoms with E-state index in [0.29, 0.717) is 43.9 Å². The lowest BCUT2D eigenvalue weighted by molar-refractivity contribution is 0.309. The molecule has 4 aromatic heterocycles. The smallest absolute Gasteiger partial charge is 0.146 e. The molecule has 6 aromatic rings. The maximum atomic E-state index is 6.88. The lowest BCUT2D eigenvalue weighted by atomic mass is 10.0. The molecule has 280 valence electrons. The minimum Gasteiger partial charge on any atom is -0.486 e. The Balaban J connectivity index is 1.27. The van der Waals surface area contributed by atoms with Crippen molar-refractivity contribution in [2.24, 2.45) is 0 Å². The van der Waals surface area contributed by atoms with Gasteiger partial charge in [-0.05, 0) is 68.8 Å². The quantitative estimate of drug-likeness (QED) is 0.0843. The summed E-state index contributed by atoms with van der Waals surface area (Å²) in [4.78, 5) is 22.4. The van der Waals surface area contributed by atoms with E-state index in [4.69, 9.17) is 70.8 Å². The minimum atomic E-state index is 0.0888. The molecule has 0 aliphatic carbocycles. The molecule has 0 amide bonds. The number of ether oxygens (including phenoxy) is 2. The summed E-state index contributed by atoms with van der Waals surface area (Å²) in [6.07, 6.45) is 8.93. The summed E-state index contributed by atoms with van der Waals surface area (Å²) in [5, 5.41) is 3.20. The van der Waals surface area contributed by atoms with Gasteiger partial charge in [0.25, 0.3) is 0 Å². The minimum absolute atomic E-state index is 0.0888. The third-order valence-corrected chi connectivity index (χ3v) is 10.1. The van der Waals surface area contributed by atoms with Crippen LogP contribution in [-0.4, -0.2) is 38.9 Å². The van der Waals surface area contributed by atoms with E-state index in [1.807, 2.05) is 99.4 Å². The average molecular weight is 813 g/mol. The van der Waals surface area contributed by atoms with Crippen LogP contribution in [0.5, 0.6) is 11.5 Å². The van der Waals surface area contributed by atoms with E-state index in [9.17, 15) is 0 Å². The summed E-state index contributed by atoms with van der Waals surface area (Å²) in [5.74, 6) is 1.17. The molecule has 55 heavy (non-hydrogen) atoms. The SMILES string of the molecule is C=C/C=C(/c1cc(C)nc2c(OCc3c(Cl)cc(/C(C)=C/N(C=C)c4cc(C)nc5c(OCc6c(Cl)ccnc6Cl)cccc45)nc3Cl)cccc12)N(C)C. The zero-order valence-electron chi connectivity index (χ0n) is 31.0. The highest BCUT2D eigenvalue weighted by molar-refractivity contribution is 6.36. The normalized spacial score (nSPS) is 11.9. The van der Waals surface area contributed by atoms with Crippen LogP contribution < -0.4 is 14.4 Å². The number of aryl methyl sites for hydroxylation is 2. The fourth-order valence-corrected chi connectivity index (χ4v) is 7.14. The highest BCUT2D eigenvalue weighted by Crippen LogP contribution is 2.36. The number of benzene rings is 2. The van der Waals surface area contributed by atoms with Crippen LogP contribution in [0.3, 0.4) is 0 Å². The third-order valence-electron chi connectivity index (χ3n) is 8.79. The van der Waals surface area contributed by atoms with E-state index in [-0.39, 0.29) is 23.5 Å². The summed E-state index contributed by atoms with van der Waals surface area (Å²) in [5.41, 5.74) is 8.43. The fourth-order valence-electron chi connectivity index (χ4n) is 6.14. The standard InChI is InChI=1S/C43H38Cl4N6O2/c1-8-12-36(52(6)7)30-19-26(4)49-40-28(30)13-10-15-38(40)55-24-32-34(45)21-35(51-43(32)47)25(3)22-53(9-2)37-20-27(5)50-41-29(37)14-11-16-39(41)54-23-31-33(44)17-18-48-42(31)46/h8-22H,1-2,23-24H2,3-7H3/b25-22+,36-12-. The van der Waals surface area contributed by atoms with Crippen molar-refractivity contribution in [1.29, 1.82) is 0 Å². The predicted octanol–water partition coefficient (Wildman–Crippen LogP) is 12.1. The van der Waals surface area contributed by atoms with Gasteiger partial charge < -0.3 is 19.3 Å². The first-order valence-electron chi connectivity index (χ1n) is 17.2. The summed E-state index contributed by atoms with van der Waals surface area (Å²) in [6.45, 7) is 14.0. The molecule has 2 aromatic carbocycles. The van der Waals surface area contributed by atoms with E-state index in [1.54, 1.807) is 30.6 Å². The third kappa shape index (κ3) is 8.58. The van der Waals surface area contributed by atoms with Crippen molar-refractivity contribution in [3.8, 4) is 11.5 Å². The first-order chi connectivity index (χ1) is 26.4. The van der Waals surface area contributed by atoms with Crippen LogP contribution in [0.25, 0.3) is 33.1 Å². The van der Waals surface area contributed by atoms with Crippen molar-refractivity contribution in [2.75, 3.05) is 19.0 Å². The fraction of sp³-hybridized carbons (Fsp3) is 0.163. The molecular weight excluding hydrogens is 774 g/mol. The number of aromatic nitrogens is 4. The van der Waals surface area contributed by atoms with Gasteiger partial charge in [-0.2, -0.15) is 0 Å². The molecule has 0 atom stereocenters. The summed E-state index contributed by atoms with van der Waals surface area (Å²) in [7, 11) is 4.00.